The van der Waals surface area contributed by atoms with E-state index in [-0.39, 0.29) is 6.10 Å². The Kier molecular flexibility index (Phi) is 3.62. The second kappa shape index (κ2) is 5.27. The number of piperidine rings is 1. The molecule has 3 rings (SSSR count). The number of carbonyl (C=O) groups is 2. The molecule has 0 saturated carbocycles. The number of fused-ring (bicyclic) bond motifs is 1. The van der Waals surface area contributed by atoms with Gasteiger partial charge in [0.1, 0.15) is 0 Å². The van der Waals surface area contributed by atoms with E-state index in [0.717, 1.165) is 30.4 Å². The van der Waals surface area contributed by atoms with Crippen LogP contribution in [0.2, 0.25) is 0 Å². The molecule has 106 valence electrons. The molecule has 2 aliphatic heterocycles. The number of nitrogens with zero attached hydrogens (tertiary/aromatic N) is 1. The van der Waals surface area contributed by atoms with E-state index >= 15 is 0 Å². The highest BCUT2D eigenvalue weighted by molar-refractivity contribution is 9.10. The smallest absolute Gasteiger partial charge is 0.303 e. The largest absolute Gasteiger partial charge is 0.393 e. The van der Waals surface area contributed by atoms with Crippen LogP contribution in [0.4, 0.5) is 5.69 Å². The number of para-hydroxylation sites is 1. The van der Waals surface area contributed by atoms with Crippen molar-refractivity contribution in [3.05, 3.63) is 28.2 Å². The summed E-state index contributed by atoms with van der Waals surface area (Å²) < 4.78 is 0.769. The van der Waals surface area contributed by atoms with E-state index in [1.165, 1.54) is 4.90 Å². The summed E-state index contributed by atoms with van der Waals surface area (Å²) in [6.07, 6.45) is 1.26. The number of benzene rings is 1. The van der Waals surface area contributed by atoms with Gasteiger partial charge in [0.2, 0.25) is 0 Å². The van der Waals surface area contributed by atoms with Gasteiger partial charge >= 0.3 is 5.91 Å². The molecule has 6 heteroatoms. The minimum absolute atomic E-state index is 0.228. The quantitative estimate of drug-likeness (QED) is 0.744. The third kappa shape index (κ3) is 2.28. The van der Waals surface area contributed by atoms with Gasteiger partial charge in [-0.2, -0.15) is 0 Å². The third-order valence-corrected chi connectivity index (χ3v) is 4.62. The molecule has 1 amide bonds. The van der Waals surface area contributed by atoms with Crippen molar-refractivity contribution >= 4 is 33.3 Å². The number of likely N-dealkylation sites (tertiary alicyclic amines) is 1. The number of nitrogens with one attached hydrogen (secondary N) is 1. The normalized spacial score (nSPS) is 26.0. The van der Waals surface area contributed by atoms with E-state index in [9.17, 15) is 14.7 Å². The van der Waals surface area contributed by atoms with Gasteiger partial charge < -0.3 is 10.0 Å². The van der Waals surface area contributed by atoms with Crippen molar-refractivity contribution in [1.82, 2.24) is 0 Å². The molecule has 0 aromatic heterocycles. The molecule has 5 nitrogen and oxygen atoms in total. The maximum Gasteiger partial charge on any atom is 0.303 e. The van der Waals surface area contributed by atoms with Crippen LogP contribution in [0.3, 0.4) is 0 Å². The number of rotatable bonds is 2. The molecule has 0 bridgehead atoms. The maximum atomic E-state index is 12.1. The lowest BCUT2D eigenvalue weighted by Gasteiger charge is -2.30. The molecular formula is C14H16BrN2O3+. The maximum absolute atomic E-state index is 12.1. The monoisotopic (exact) mass is 339 g/mol. The first-order valence-corrected chi connectivity index (χ1v) is 7.53. The average Bonchev–Trinajstić information content (AvgIpc) is 2.68. The van der Waals surface area contributed by atoms with Crippen molar-refractivity contribution in [2.45, 2.75) is 18.9 Å². The number of halogens is 1. The lowest BCUT2D eigenvalue weighted by atomic mass is 10.1. The van der Waals surface area contributed by atoms with Crippen LogP contribution < -0.4 is 9.80 Å². The highest BCUT2D eigenvalue weighted by Crippen LogP contribution is 2.35. The number of quaternary nitrogens is 1. The first-order valence-electron chi connectivity index (χ1n) is 6.74. The zero-order chi connectivity index (χ0) is 14.3. The fourth-order valence-corrected chi connectivity index (χ4v) is 3.44. The highest BCUT2D eigenvalue weighted by atomic mass is 79.9. The van der Waals surface area contributed by atoms with Crippen molar-refractivity contribution < 1.29 is 19.6 Å². The zero-order valence-electron chi connectivity index (χ0n) is 10.9. The van der Waals surface area contributed by atoms with Gasteiger partial charge in [-0.05, 0) is 28.1 Å². The Morgan fingerprint density at radius 1 is 1.30 bits per heavy atom. The molecule has 0 radical (unpaired) electrons. The van der Waals surface area contributed by atoms with Crippen molar-refractivity contribution in [2.24, 2.45) is 0 Å². The van der Waals surface area contributed by atoms with Crippen molar-refractivity contribution in [3.8, 4) is 0 Å². The summed E-state index contributed by atoms with van der Waals surface area (Å²) in [5, 5.41) is 9.53. The van der Waals surface area contributed by atoms with E-state index < -0.39 is 11.7 Å². The number of ketones is 1. The molecule has 0 spiro atoms. The molecule has 1 fully saturated rings. The van der Waals surface area contributed by atoms with Crippen LogP contribution in [0.5, 0.6) is 0 Å². The molecule has 0 atom stereocenters. The number of anilines is 1. The summed E-state index contributed by atoms with van der Waals surface area (Å²) >= 11 is 3.42. The summed E-state index contributed by atoms with van der Waals surface area (Å²) in [4.78, 5) is 26.9. The summed E-state index contributed by atoms with van der Waals surface area (Å²) in [7, 11) is 0. The zero-order valence-corrected chi connectivity index (χ0v) is 12.5. The van der Waals surface area contributed by atoms with Gasteiger partial charge in [0.25, 0.3) is 5.78 Å². The van der Waals surface area contributed by atoms with Crippen LogP contribution in [0.15, 0.2) is 22.7 Å². The van der Waals surface area contributed by atoms with Crippen LogP contribution in [-0.2, 0) is 4.79 Å². The van der Waals surface area contributed by atoms with Gasteiger partial charge in [0.05, 0.1) is 30.4 Å². The Labute approximate surface area is 125 Å². The van der Waals surface area contributed by atoms with Gasteiger partial charge in [-0.1, -0.05) is 6.07 Å². The van der Waals surface area contributed by atoms with E-state index in [4.69, 9.17) is 0 Å². The Hall–Kier alpha value is -1.24. The summed E-state index contributed by atoms with van der Waals surface area (Å²) in [6, 6.07) is 5.30. The Morgan fingerprint density at radius 2 is 2.00 bits per heavy atom. The number of hydrogen-bond acceptors (Lipinski definition) is 3. The van der Waals surface area contributed by atoms with Crippen LogP contribution in [-0.4, -0.2) is 42.7 Å². The van der Waals surface area contributed by atoms with Gasteiger partial charge in [-0.3, -0.25) is 14.5 Å². The number of aliphatic hydroxyl groups is 1. The molecule has 1 saturated heterocycles. The van der Waals surface area contributed by atoms with Gasteiger partial charge in [0.15, 0.2) is 6.67 Å². The van der Waals surface area contributed by atoms with Gasteiger partial charge in [-0.15, -0.1) is 0 Å². The molecule has 1 aromatic carbocycles. The Balaban J connectivity index is 1.84. The second-order valence-electron chi connectivity index (χ2n) is 5.34. The molecule has 0 aliphatic carbocycles. The predicted octanol–water partition coefficient (Wildman–Crippen LogP) is -0.0245. The summed E-state index contributed by atoms with van der Waals surface area (Å²) in [5.74, 6) is -0.886. The number of Topliss-reactive ketones (excluding diaryl/α,β-unsaturated/α-hetero) is 1. The van der Waals surface area contributed by atoms with Crippen LogP contribution >= 0.6 is 15.9 Å². The standard InChI is InChI=1S/C14H15BrN2O3/c15-11-3-1-2-10-12(11)17(14(20)13(10)19)8-16-6-4-9(18)5-7-16/h1-3,9,18H,4-8H2/p+1. The van der Waals surface area contributed by atoms with E-state index in [1.807, 2.05) is 6.07 Å². The fourth-order valence-electron chi connectivity index (χ4n) is 2.86. The molecule has 2 N–H and O–H groups in total. The summed E-state index contributed by atoms with van der Waals surface area (Å²) in [5.41, 5.74) is 1.15. The van der Waals surface area contributed by atoms with Crippen molar-refractivity contribution in [3.63, 3.8) is 0 Å². The highest BCUT2D eigenvalue weighted by Gasteiger charge is 2.39. The lowest BCUT2D eigenvalue weighted by Crippen LogP contribution is -3.15. The minimum Gasteiger partial charge on any atom is -0.393 e. The molecule has 2 heterocycles. The van der Waals surface area contributed by atoms with Crippen molar-refractivity contribution in [1.29, 1.82) is 0 Å². The van der Waals surface area contributed by atoms with Crippen LogP contribution in [0, 0.1) is 0 Å². The number of hydrogen-bond donors (Lipinski definition) is 2. The fraction of sp³-hybridized carbons (Fsp3) is 0.429. The third-order valence-electron chi connectivity index (χ3n) is 3.98. The van der Waals surface area contributed by atoms with Crippen LogP contribution in [0.25, 0.3) is 0 Å². The molecule has 2 aliphatic rings. The second-order valence-corrected chi connectivity index (χ2v) is 6.19. The lowest BCUT2D eigenvalue weighted by molar-refractivity contribution is -0.904. The van der Waals surface area contributed by atoms with Crippen LogP contribution in [0.1, 0.15) is 23.2 Å². The Morgan fingerprint density at radius 3 is 2.70 bits per heavy atom. The minimum atomic E-state index is -0.453. The number of amides is 1. The molecular weight excluding hydrogens is 324 g/mol. The molecule has 1 aromatic rings. The first-order chi connectivity index (χ1) is 9.58. The predicted molar refractivity (Wildman–Crippen MR) is 76.8 cm³/mol. The van der Waals surface area contributed by atoms with E-state index in [1.54, 1.807) is 17.0 Å². The average molecular weight is 340 g/mol. The SMILES string of the molecule is O=C1C(=O)N(C[NH+]2CCC(O)CC2)c2c(Br)cccc21. The van der Waals surface area contributed by atoms with Gasteiger partial charge in [-0.25, -0.2) is 0 Å². The number of aliphatic hydroxyl groups excluding tert-OH is 1. The summed E-state index contributed by atoms with van der Waals surface area (Å²) in [6.45, 7) is 2.12. The van der Waals surface area contributed by atoms with Crippen molar-refractivity contribution in [2.75, 3.05) is 24.7 Å². The molecule has 20 heavy (non-hydrogen) atoms. The number of carbonyl (C=O) groups excluding carboxylic acids is 2. The Bertz CT molecular complexity index is 568. The molecule has 0 unspecified atom stereocenters. The van der Waals surface area contributed by atoms with E-state index in [2.05, 4.69) is 15.9 Å². The van der Waals surface area contributed by atoms with E-state index in [0.29, 0.717) is 17.9 Å². The topological polar surface area (TPSA) is 62.0 Å². The first kappa shape index (κ1) is 13.7. The van der Waals surface area contributed by atoms with Gasteiger partial charge in [0, 0.05) is 17.3 Å².